The smallest absolute Gasteiger partial charge is 0.348 e. The lowest BCUT2D eigenvalue weighted by Gasteiger charge is -2.08. The number of ether oxygens (including phenoxy) is 1. The maximum atomic E-state index is 12.0. The standard InChI is InChI=1S/C10H12BrNO6S2/c1-5(9(13)14)4-12-20(16,17)7-3-6(10(15)18-2)19-8(7)11/h3,5,12H,4H2,1-2H3,(H,13,14). The highest BCUT2D eigenvalue weighted by Crippen LogP contribution is 2.32. The normalized spacial score (nSPS) is 12.9. The van der Waals surface area contributed by atoms with Crippen LogP contribution in [0.3, 0.4) is 0 Å². The Labute approximate surface area is 128 Å². The summed E-state index contributed by atoms with van der Waals surface area (Å²) in [5.41, 5.74) is 0. The van der Waals surface area contributed by atoms with Crippen molar-refractivity contribution in [2.24, 2.45) is 5.92 Å². The first-order chi connectivity index (χ1) is 9.19. The maximum absolute atomic E-state index is 12.0. The molecule has 0 aliphatic heterocycles. The molecule has 1 rings (SSSR count). The van der Waals surface area contributed by atoms with Gasteiger partial charge in [0.2, 0.25) is 10.0 Å². The molecule has 1 atom stereocenters. The molecule has 0 spiro atoms. The number of carbonyl (C=O) groups is 2. The van der Waals surface area contributed by atoms with Gasteiger partial charge in [-0.1, -0.05) is 6.92 Å². The Bertz CT molecular complexity index is 624. The van der Waals surface area contributed by atoms with Crippen molar-refractivity contribution in [3.05, 3.63) is 14.7 Å². The summed E-state index contributed by atoms with van der Waals surface area (Å²) in [5.74, 6) is -2.61. The van der Waals surface area contributed by atoms with Crippen molar-refractivity contribution in [3.8, 4) is 0 Å². The van der Waals surface area contributed by atoms with E-state index in [2.05, 4.69) is 25.4 Å². The number of rotatable bonds is 6. The zero-order valence-electron chi connectivity index (χ0n) is 10.5. The zero-order valence-corrected chi connectivity index (χ0v) is 13.8. The van der Waals surface area contributed by atoms with Crippen LogP contribution in [0.15, 0.2) is 14.7 Å². The number of carboxylic acids is 1. The minimum Gasteiger partial charge on any atom is -0.481 e. The molecular formula is C10H12BrNO6S2. The lowest BCUT2D eigenvalue weighted by Crippen LogP contribution is -2.31. The first-order valence-corrected chi connectivity index (χ1v) is 8.38. The van der Waals surface area contributed by atoms with E-state index >= 15 is 0 Å². The van der Waals surface area contributed by atoms with Crippen LogP contribution in [0.4, 0.5) is 0 Å². The van der Waals surface area contributed by atoms with E-state index in [1.54, 1.807) is 0 Å². The van der Waals surface area contributed by atoms with Crippen molar-refractivity contribution in [2.75, 3.05) is 13.7 Å². The second-order valence-corrected chi connectivity index (χ2v) is 7.94. The Balaban J connectivity index is 2.96. The quantitative estimate of drug-likeness (QED) is 0.714. The Hall–Kier alpha value is -0.970. The van der Waals surface area contributed by atoms with E-state index in [-0.39, 0.29) is 20.1 Å². The van der Waals surface area contributed by atoms with Crippen molar-refractivity contribution in [3.63, 3.8) is 0 Å². The molecule has 0 amide bonds. The summed E-state index contributed by atoms with van der Waals surface area (Å²) in [5, 5.41) is 8.71. The molecule has 20 heavy (non-hydrogen) atoms. The fourth-order valence-corrected chi connectivity index (χ4v) is 4.75. The third kappa shape index (κ3) is 4.01. The van der Waals surface area contributed by atoms with Crippen LogP contribution in [-0.2, 0) is 19.6 Å². The molecule has 1 aromatic rings. The summed E-state index contributed by atoms with van der Waals surface area (Å²) in [6.07, 6.45) is 0. The van der Waals surface area contributed by atoms with Gasteiger partial charge in [0, 0.05) is 6.54 Å². The Morgan fingerprint density at radius 3 is 2.65 bits per heavy atom. The van der Waals surface area contributed by atoms with E-state index in [1.165, 1.54) is 20.1 Å². The molecule has 0 saturated heterocycles. The van der Waals surface area contributed by atoms with Gasteiger partial charge < -0.3 is 9.84 Å². The monoisotopic (exact) mass is 385 g/mol. The van der Waals surface area contributed by atoms with Gasteiger partial charge >= 0.3 is 11.9 Å². The molecule has 0 aromatic carbocycles. The van der Waals surface area contributed by atoms with Crippen LogP contribution in [0, 0.1) is 5.92 Å². The number of carbonyl (C=O) groups excluding carboxylic acids is 1. The van der Waals surface area contributed by atoms with Gasteiger partial charge in [0.05, 0.1) is 16.8 Å². The SMILES string of the molecule is COC(=O)c1cc(S(=O)(=O)NCC(C)C(=O)O)c(Br)s1. The molecule has 0 aliphatic rings. The molecule has 0 saturated carbocycles. The number of thiophene rings is 1. The predicted molar refractivity (Wildman–Crippen MR) is 75.3 cm³/mol. The molecule has 0 radical (unpaired) electrons. The number of hydrogen-bond acceptors (Lipinski definition) is 6. The molecule has 1 unspecified atom stereocenters. The number of halogens is 1. The van der Waals surface area contributed by atoms with E-state index in [0.717, 1.165) is 11.3 Å². The molecular weight excluding hydrogens is 374 g/mol. The van der Waals surface area contributed by atoms with Crippen molar-refractivity contribution in [2.45, 2.75) is 11.8 Å². The fraction of sp³-hybridized carbons (Fsp3) is 0.400. The van der Waals surface area contributed by atoms with Gasteiger partial charge in [-0.3, -0.25) is 4.79 Å². The van der Waals surface area contributed by atoms with Crippen LogP contribution in [0.1, 0.15) is 16.6 Å². The topological polar surface area (TPSA) is 110 Å². The molecule has 10 heteroatoms. The maximum Gasteiger partial charge on any atom is 0.348 e. The Morgan fingerprint density at radius 2 is 2.15 bits per heavy atom. The summed E-state index contributed by atoms with van der Waals surface area (Å²) in [6, 6.07) is 1.17. The van der Waals surface area contributed by atoms with Gasteiger partial charge in [-0.2, -0.15) is 0 Å². The first kappa shape index (κ1) is 17.1. The summed E-state index contributed by atoms with van der Waals surface area (Å²) in [4.78, 5) is 22.0. The number of esters is 1. The Morgan fingerprint density at radius 1 is 1.55 bits per heavy atom. The molecule has 0 fully saturated rings. The fourth-order valence-electron chi connectivity index (χ4n) is 1.14. The van der Waals surface area contributed by atoms with Crippen molar-refractivity contribution < 1.29 is 27.9 Å². The van der Waals surface area contributed by atoms with E-state index in [4.69, 9.17) is 5.11 Å². The highest BCUT2D eigenvalue weighted by molar-refractivity contribution is 9.11. The Kier molecular flexibility index (Phi) is 5.68. The number of methoxy groups -OCH3 is 1. The van der Waals surface area contributed by atoms with Gasteiger partial charge in [-0.15, -0.1) is 11.3 Å². The number of hydrogen-bond donors (Lipinski definition) is 2. The van der Waals surface area contributed by atoms with Crippen molar-refractivity contribution in [1.29, 1.82) is 0 Å². The van der Waals surface area contributed by atoms with E-state index < -0.39 is 27.9 Å². The van der Waals surface area contributed by atoms with Crippen LogP contribution in [-0.4, -0.2) is 39.1 Å². The molecule has 1 aromatic heterocycles. The molecule has 2 N–H and O–H groups in total. The number of sulfonamides is 1. The van der Waals surface area contributed by atoms with Gasteiger partial charge in [-0.25, -0.2) is 17.9 Å². The highest BCUT2D eigenvalue weighted by Gasteiger charge is 2.24. The van der Waals surface area contributed by atoms with Crippen LogP contribution < -0.4 is 4.72 Å². The van der Waals surface area contributed by atoms with Crippen molar-refractivity contribution in [1.82, 2.24) is 4.72 Å². The van der Waals surface area contributed by atoms with E-state index in [9.17, 15) is 18.0 Å². The molecule has 1 heterocycles. The number of carboxylic acid groups (broad SMARTS) is 1. The third-order valence-electron chi connectivity index (χ3n) is 2.33. The van der Waals surface area contributed by atoms with Gasteiger partial charge in [0.15, 0.2) is 0 Å². The van der Waals surface area contributed by atoms with Crippen LogP contribution >= 0.6 is 27.3 Å². The first-order valence-electron chi connectivity index (χ1n) is 5.29. The van der Waals surface area contributed by atoms with Crippen LogP contribution in [0.5, 0.6) is 0 Å². The number of nitrogens with one attached hydrogen (secondary N) is 1. The average Bonchev–Trinajstić information content (AvgIpc) is 2.77. The van der Waals surface area contributed by atoms with Crippen LogP contribution in [0.2, 0.25) is 0 Å². The minimum absolute atomic E-state index is 0.125. The molecule has 112 valence electrons. The molecule has 0 aliphatic carbocycles. The second kappa shape index (κ2) is 6.66. The van der Waals surface area contributed by atoms with Gasteiger partial charge in [-0.05, 0) is 22.0 Å². The number of aliphatic carboxylic acids is 1. The lowest BCUT2D eigenvalue weighted by atomic mass is 10.2. The van der Waals surface area contributed by atoms with E-state index in [0.29, 0.717) is 0 Å². The third-order valence-corrected chi connectivity index (χ3v) is 5.99. The predicted octanol–water partition coefficient (Wildman–Crippen LogP) is 1.30. The minimum atomic E-state index is -3.90. The summed E-state index contributed by atoms with van der Waals surface area (Å²) in [6.45, 7) is 1.14. The molecule has 7 nitrogen and oxygen atoms in total. The average molecular weight is 386 g/mol. The van der Waals surface area contributed by atoms with E-state index in [1.807, 2.05) is 0 Å². The second-order valence-electron chi connectivity index (χ2n) is 3.83. The van der Waals surface area contributed by atoms with Crippen LogP contribution in [0.25, 0.3) is 0 Å². The van der Waals surface area contributed by atoms with Gasteiger partial charge in [0.1, 0.15) is 9.77 Å². The highest BCUT2D eigenvalue weighted by atomic mass is 79.9. The largest absolute Gasteiger partial charge is 0.481 e. The lowest BCUT2D eigenvalue weighted by molar-refractivity contribution is -0.140. The van der Waals surface area contributed by atoms with Gasteiger partial charge in [0.25, 0.3) is 0 Å². The van der Waals surface area contributed by atoms with Crippen molar-refractivity contribution >= 4 is 49.2 Å². The summed E-state index contributed by atoms with van der Waals surface area (Å²) < 4.78 is 31.0. The summed E-state index contributed by atoms with van der Waals surface area (Å²) >= 11 is 3.98. The molecule has 0 bridgehead atoms. The summed E-state index contributed by atoms with van der Waals surface area (Å²) in [7, 11) is -2.71. The zero-order chi connectivity index (χ0) is 15.5.